The molecule has 104 valence electrons. The molecule has 0 spiro atoms. The fourth-order valence-electron chi connectivity index (χ4n) is 2.09. The van der Waals surface area contributed by atoms with Gasteiger partial charge in [0.25, 0.3) is 0 Å². The van der Waals surface area contributed by atoms with Crippen LogP contribution in [-0.4, -0.2) is 47.1 Å². The van der Waals surface area contributed by atoms with Crippen molar-refractivity contribution in [1.82, 2.24) is 14.9 Å². The van der Waals surface area contributed by atoms with Crippen molar-refractivity contribution < 1.29 is 9.53 Å². The van der Waals surface area contributed by atoms with E-state index in [0.717, 1.165) is 16.3 Å². The van der Waals surface area contributed by atoms with E-state index in [1.165, 1.54) is 0 Å². The predicted molar refractivity (Wildman–Crippen MR) is 76.4 cm³/mol. The maximum Gasteiger partial charge on any atom is 0.228 e. The zero-order valence-electron chi connectivity index (χ0n) is 11.0. The second-order valence-electron chi connectivity index (χ2n) is 4.56. The molecule has 0 unspecified atom stereocenters. The smallest absolute Gasteiger partial charge is 0.228 e. The van der Waals surface area contributed by atoms with Crippen LogP contribution in [0.1, 0.15) is 5.69 Å². The molecule has 0 radical (unpaired) electrons. The van der Waals surface area contributed by atoms with Crippen LogP contribution in [0.5, 0.6) is 0 Å². The highest BCUT2D eigenvalue weighted by Gasteiger charge is 2.18. The third kappa shape index (κ3) is 3.02. The van der Waals surface area contributed by atoms with Gasteiger partial charge in [0.1, 0.15) is 5.01 Å². The maximum atomic E-state index is 12.1. The molecule has 5 nitrogen and oxygen atoms in total. The quantitative estimate of drug-likeness (QED) is 0.861. The Labute approximate surface area is 121 Å². The third-order valence-corrected chi connectivity index (χ3v) is 4.10. The summed E-state index contributed by atoms with van der Waals surface area (Å²) in [4.78, 5) is 22.6. The predicted octanol–water partition coefficient (Wildman–Crippen LogP) is 1.61. The fourth-order valence-corrected chi connectivity index (χ4v) is 2.90. The Hall–Kier alpha value is -1.79. The van der Waals surface area contributed by atoms with Gasteiger partial charge < -0.3 is 9.64 Å². The summed E-state index contributed by atoms with van der Waals surface area (Å²) >= 11 is 1.54. The second-order valence-corrected chi connectivity index (χ2v) is 5.41. The maximum absolute atomic E-state index is 12.1. The van der Waals surface area contributed by atoms with Gasteiger partial charge in [-0.15, -0.1) is 11.3 Å². The number of morpholine rings is 1. The lowest BCUT2D eigenvalue weighted by Gasteiger charge is -2.26. The Kier molecular flexibility index (Phi) is 4.03. The van der Waals surface area contributed by atoms with Crippen molar-refractivity contribution >= 4 is 17.2 Å². The molecule has 0 aromatic carbocycles. The van der Waals surface area contributed by atoms with Gasteiger partial charge in [-0.2, -0.15) is 0 Å². The lowest BCUT2D eigenvalue weighted by atomic mass is 10.2. The standard InChI is InChI=1S/C14H15N3O2S/c18-13(17-4-6-19-7-5-17)8-12-10-20-14(16-12)11-2-1-3-15-9-11/h1-3,9-10H,4-8H2. The van der Waals surface area contributed by atoms with E-state index in [1.807, 2.05) is 22.4 Å². The number of hydrogen-bond acceptors (Lipinski definition) is 5. The molecule has 3 rings (SSSR count). The highest BCUT2D eigenvalue weighted by Crippen LogP contribution is 2.23. The van der Waals surface area contributed by atoms with E-state index < -0.39 is 0 Å². The van der Waals surface area contributed by atoms with E-state index >= 15 is 0 Å². The number of ether oxygens (including phenoxy) is 1. The van der Waals surface area contributed by atoms with Crippen molar-refractivity contribution in [2.45, 2.75) is 6.42 Å². The van der Waals surface area contributed by atoms with E-state index in [0.29, 0.717) is 32.7 Å². The number of hydrogen-bond donors (Lipinski definition) is 0. The van der Waals surface area contributed by atoms with Gasteiger partial charge in [-0.1, -0.05) is 0 Å². The summed E-state index contributed by atoms with van der Waals surface area (Å²) in [7, 11) is 0. The molecule has 0 bridgehead atoms. The van der Waals surface area contributed by atoms with Gasteiger partial charge in [-0.25, -0.2) is 4.98 Å². The van der Waals surface area contributed by atoms with Gasteiger partial charge in [-0.05, 0) is 12.1 Å². The Bertz CT molecular complexity index is 579. The SMILES string of the molecule is O=C(Cc1csc(-c2cccnc2)n1)N1CCOCC1. The van der Waals surface area contributed by atoms with Gasteiger partial charge in [0.2, 0.25) is 5.91 Å². The number of carbonyl (C=O) groups excluding carboxylic acids is 1. The highest BCUT2D eigenvalue weighted by molar-refractivity contribution is 7.13. The first-order chi connectivity index (χ1) is 9.83. The minimum Gasteiger partial charge on any atom is -0.378 e. The molecule has 2 aromatic rings. The molecule has 0 atom stereocenters. The summed E-state index contributed by atoms with van der Waals surface area (Å²) in [5.74, 6) is 0.122. The normalized spacial score (nSPS) is 15.3. The van der Waals surface area contributed by atoms with Gasteiger partial charge in [0.15, 0.2) is 0 Å². The summed E-state index contributed by atoms with van der Waals surface area (Å²) in [6.07, 6.45) is 3.88. The lowest BCUT2D eigenvalue weighted by Crippen LogP contribution is -2.41. The number of thiazole rings is 1. The number of aromatic nitrogens is 2. The summed E-state index contributed by atoms with van der Waals surface area (Å²) in [5, 5.41) is 2.85. The first kappa shape index (κ1) is 13.2. The Morgan fingerprint density at radius 1 is 1.40 bits per heavy atom. The number of pyridine rings is 1. The Balaban J connectivity index is 1.66. The molecule has 1 fully saturated rings. The molecule has 2 aromatic heterocycles. The van der Waals surface area contributed by atoms with Crippen LogP contribution in [0.25, 0.3) is 10.6 Å². The molecule has 1 saturated heterocycles. The second kappa shape index (κ2) is 6.11. The summed E-state index contributed by atoms with van der Waals surface area (Å²) < 4.78 is 5.25. The van der Waals surface area contributed by atoms with Crippen molar-refractivity contribution in [3.05, 3.63) is 35.6 Å². The highest BCUT2D eigenvalue weighted by atomic mass is 32.1. The minimum atomic E-state index is 0.122. The van der Waals surface area contributed by atoms with Crippen LogP contribution >= 0.6 is 11.3 Å². The Morgan fingerprint density at radius 3 is 3.00 bits per heavy atom. The van der Waals surface area contributed by atoms with Crippen LogP contribution < -0.4 is 0 Å². The molecular formula is C14H15N3O2S. The molecule has 6 heteroatoms. The molecule has 0 aliphatic carbocycles. The first-order valence-corrected chi connectivity index (χ1v) is 7.41. The van der Waals surface area contributed by atoms with Crippen molar-refractivity contribution in [3.63, 3.8) is 0 Å². The molecule has 1 aliphatic heterocycles. The van der Waals surface area contributed by atoms with Crippen LogP contribution in [0.4, 0.5) is 0 Å². The van der Waals surface area contributed by atoms with E-state index in [9.17, 15) is 4.79 Å². The third-order valence-electron chi connectivity index (χ3n) is 3.16. The average molecular weight is 289 g/mol. The van der Waals surface area contributed by atoms with Crippen molar-refractivity contribution in [3.8, 4) is 10.6 Å². The van der Waals surface area contributed by atoms with E-state index in [4.69, 9.17) is 4.74 Å². The summed E-state index contributed by atoms with van der Waals surface area (Å²) in [5.41, 5.74) is 1.81. The summed E-state index contributed by atoms with van der Waals surface area (Å²) in [6.45, 7) is 2.62. The number of nitrogens with zero attached hydrogens (tertiary/aromatic N) is 3. The largest absolute Gasteiger partial charge is 0.378 e. The first-order valence-electron chi connectivity index (χ1n) is 6.53. The van der Waals surface area contributed by atoms with E-state index in [1.54, 1.807) is 23.7 Å². The minimum absolute atomic E-state index is 0.122. The van der Waals surface area contributed by atoms with Gasteiger partial charge >= 0.3 is 0 Å². The Morgan fingerprint density at radius 2 is 2.25 bits per heavy atom. The number of rotatable bonds is 3. The van der Waals surface area contributed by atoms with Crippen LogP contribution in [0.15, 0.2) is 29.9 Å². The average Bonchev–Trinajstić information content (AvgIpc) is 2.97. The van der Waals surface area contributed by atoms with Crippen LogP contribution in [-0.2, 0) is 16.0 Å². The van der Waals surface area contributed by atoms with Crippen LogP contribution in [0, 0.1) is 0 Å². The van der Waals surface area contributed by atoms with Gasteiger partial charge in [0, 0.05) is 36.4 Å². The van der Waals surface area contributed by atoms with E-state index in [2.05, 4.69) is 9.97 Å². The lowest BCUT2D eigenvalue weighted by molar-refractivity contribution is -0.134. The van der Waals surface area contributed by atoms with E-state index in [-0.39, 0.29) is 5.91 Å². The molecule has 3 heterocycles. The van der Waals surface area contributed by atoms with Crippen LogP contribution in [0.2, 0.25) is 0 Å². The molecule has 1 aliphatic rings. The van der Waals surface area contributed by atoms with Gasteiger partial charge in [0.05, 0.1) is 25.3 Å². The van der Waals surface area contributed by atoms with Gasteiger partial charge in [-0.3, -0.25) is 9.78 Å². The van der Waals surface area contributed by atoms with Crippen LogP contribution in [0.3, 0.4) is 0 Å². The fraction of sp³-hybridized carbons (Fsp3) is 0.357. The molecular weight excluding hydrogens is 274 g/mol. The zero-order chi connectivity index (χ0) is 13.8. The number of carbonyl (C=O) groups is 1. The number of amides is 1. The molecule has 20 heavy (non-hydrogen) atoms. The van der Waals surface area contributed by atoms with Crippen molar-refractivity contribution in [2.75, 3.05) is 26.3 Å². The topological polar surface area (TPSA) is 55.3 Å². The molecule has 1 amide bonds. The van der Waals surface area contributed by atoms with Crippen molar-refractivity contribution in [1.29, 1.82) is 0 Å². The molecule has 0 saturated carbocycles. The van der Waals surface area contributed by atoms with Crippen molar-refractivity contribution in [2.24, 2.45) is 0 Å². The summed E-state index contributed by atoms with van der Waals surface area (Å²) in [6, 6.07) is 3.86. The molecule has 0 N–H and O–H groups in total. The zero-order valence-corrected chi connectivity index (χ0v) is 11.8. The monoisotopic (exact) mass is 289 g/mol.